The molecular formula is C23H30N4O4. The van der Waals surface area contributed by atoms with Crippen molar-refractivity contribution in [3.05, 3.63) is 59.7 Å². The van der Waals surface area contributed by atoms with Crippen LogP contribution in [0, 0.1) is 0 Å². The Morgan fingerprint density at radius 2 is 1.65 bits per heavy atom. The third kappa shape index (κ3) is 7.84. The molecule has 2 aromatic rings. The SMILES string of the molecule is CN(C)CC(=O)Nc1cccc([C@H](N)C(=O)Nc2ccc(C(=O)OC(C)(C)C)cc2)c1. The molecular weight excluding hydrogens is 396 g/mol. The molecule has 2 amide bonds. The Morgan fingerprint density at radius 3 is 2.23 bits per heavy atom. The minimum atomic E-state index is -0.934. The highest BCUT2D eigenvalue weighted by molar-refractivity contribution is 5.97. The van der Waals surface area contributed by atoms with Crippen LogP contribution in [0.4, 0.5) is 11.4 Å². The van der Waals surface area contributed by atoms with E-state index in [0.717, 1.165) is 0 Å². The van der Waals surface area contributed by atoms with Crippen LogP contribution in [0.15, 0.2) is 48.5 Å². The summed E-state index contributed by atoms with van der Waals surface area (Å²) < 4.78 is 5.32. The summed E-state index contributed by atoms with van der Waals surface area (Å²) in [5, 5.41) is 5.51. The Hall–Kier alpha value is -3.23. The molecule has 31 heavy (non-hydrogen) atoms. The van der Waals surface area contributed by atoms with Gasteiger partial charge in [-0.3, -0.25) is 9.59 Å². The fourth-order valence-corrected chi connectivity index (χ4v) is 2.70. The van der Waals surface area contributed by atoms with E-state index in [2.05, 4.69) is 10.6 Å². The van der Waals surface area contributed by atoms with Gasteiger partial charge in [0.1, 0.15) is 11.6 Å². The lowest BCUT2D eigenvalue weighted by molar-refractivity contribution is -0.118. The van der Waals surface area contributed by atoms with E-state index in [9.17, 15) is 14.4 Å². The third-order valence-corrected chi connectivity index (χ3v) is 4.06. The van der Waals surface area contributed by atoms with Gasteiger partial charge in [-0.2, -0.15) is 0 Å². The van der Waals surface area contributed by atoms with E-state index in [1.807, 2.05) is 0 Å². The molecule has 0 radical (unpaired) electrons. The molecule has 4 N–H and O–H groups in total. The molecule has 0 fully saturated rings. The topological polar surface area (TPSA) is 114 Å². The Labute approximate surface area is 182 Å². The first kappa shape index (κ1) is 24.0. The van der Waals surface area contributed by atoms with Crippen LogP contribution in [0.3, 0.4) is 0 Å². The number of anilines is 2. The van der Waals surface area contributed by atoms with Gasteiger partial charge >= 0.3 is 5.97 Å². The van der Waals surface area contributed by atoms with Crippen LogP contribution in [0.1, 0.15) is 42.7 Å². The van der Waals surface area contributed by atoms with E-state index in [1.165, 1.54) is 0 Å². The fraction of sp³-hybridized carbons (Fsp3) is 0.348. The summed E-state index contributed by atoms with van der Waals surface area (Å²) in [7, 11) is 3.60. The molecule has 0 spiro atoms. The second-order valence-corrected chi connectivity index (χ2v) is 8.46. The van der Waals surface area contributed by atoms with Crippen LogP contribution < -0.4 is 16.4 Å². The number of ether oxygens (including phenoxy) is 1. The van der Waals surface area contributed by atoms with Crippen molar-refractivity contribution in [2.75, 3.05) is 31.3 Å². The quantitative estimate of drug-likeness (QED) is 0.587. The van der Waals surface area contributed by atoms with E-state index in [0.29, 0.717) is 22.5 Å². The number of nitrogens with one attached hydrogen (secondary N) is 2. The van der Waals surface area contributed by atoms with Gasteiger partial charge in [-0.1, -0.05) is 12.1 Å². The van der Waals surface area contributed by atoms with Crippen molar-refractivity contribution in [2.24, 2.45) is 5.73 Å². The van der Waals surface area contributed by atoms with Crippen molar-refractivity contribution in [2.45, 2.75) is 32.4 Å². The molecule has 2 aromatic carbocycles. The van der Waals surface area contributed by atoms with Crippen molar-refractivity contribution in [3.8, 4) is 0 Å². The van der Waals surface area contributed by atoms with Crippen molar-refractivity contribution in [1.29, 1.82) is 0 Å². The number of rotatable bonds is 7. The number of esters is 1. The first-order valence-electron chi connectivity index (χ1n) is 9.89. The van der Waals surface area contributed by atoms with Gasteiger partial charge in [0.25, 0.3) is 0 Å². The van der Waals surface area contributed by atoms with Crippen molar-refractivity contribution in [3.63, 3.8) is 0 Å². The van der Waals surface area contributed by atoms with Gasteiger partial charge < -0.3 is 26.0 Å². The zero-order valence-corrected chi connectivity index (χ0v) is 18.6. The summed E-state index contributed by atoms with van der Waals surface area (Å²) in [6.45, 7) is 5.63. The number of hydrogen-bond donors (Lipinski definition) is 3. The number of nitrogens with zero attached hydrogens (tertiary/aromatic N) is 1. The Kier molecular flexibility index (Phi) is 7.90. The minimum Gasteiger partial charge on any atom is -0.456 e. The molecule has 0 aromatic heterocycles. The number of benzene rings is 2. The largest absolute Gasteiger partial charge is 0.456 e. The van der Waals surface area contributed by atoms with Gasteiger partial charge in [0, 0.05) is 11.4 Å². The number of carbonyl (C=O) groups is 3. The molecule has 0 saturated carbocycles. The molecule has 8 heteroatoms. The molecule has 166 valence electrons. The number of carbonyl (C=O) groups excluding carboxylic acids is 3. The second-order valence-electron chi connectivity index (χ2n) is 8.46. The summed E-state index contributed by atoms with van der Waals surface area (Å²) in [5.41, 5.74) is 7.54. The van der Waals surface area contributed by atoms with E-state index in [1.54, 1.807) is 88.3 Å². The summed E-state index contributed by atoms with van der Waals surface area (Å²) >= 11 is 0. The number of amides is 2. The maximum absolute atomic E-state index is 12.6. The summed E-state index contributed by atoms with van der Waals surface area (Å²) in [6.07, 6.45) is 0. The molecule has 1 atom stereocenters. The van der Waals surface area contributed by atoms with E-state index in [-0.39, 0.29) is 12.5 Å². The molecule has 0 aliphatic rings. The first-order chi connectivity index (χ1) is 14.4. The van der Waals surface area contributed by atoms with Crippen LogP contribution >= 0.6 is 0 Å². The average Bonchev–Trinajstić information content (AvgIpc) is 2.66. The summed E-state index contributed by atoms with van der Waals surface area (Å²) in [4.78, 5) is 38.4. The van der Waals surface area contributed by atoms with Gasteiger partial charge in [0.2, 0.25) is 11.8 Å². The molecule has 0 unspecified atom stereocenters. The van der Waals surface area contributed by atoms with Crippen molar-refractivity contribution < 1.29 is 19.1 Å². The molecule has 0 bridgehead atoms. The molecule has 0 aliphatic heterocycles. The Bertz CT molecular complexity index is 933. The number of nitrogens with two attached hydrogens (primary N) is 1. The van der Waals surface area contributed by atoms with Crippen LogP contribution in [-0.4, -0.2) is 48.9 Å². The van der Waals surface area contributed by atoms with E-state index in [4.69, 9.17) is 10.5 Å². The van der Waals surface area contributed by atoms with E-state index >= 15 is 0 Å². The normalized spacial score (nSPS) is 12.2. The van der Waals surface area contributed by atoms with Crippen LogP contribution in [0.5, 0.6) is 0 Å². The standard InChI is InChI=1S/C23H30N4O4/c1-23(2,3)31-22(30)15-9-11-17(12-10-15)26-21(29)20(24)16-7-6-8-18(13-16)25-19(28)14-27(4)5/h6-13,20H,14,24H2,1-5H3,(H,25,28)(H,26,29)/t20-/m0/s1. The van der Waals surface area contributed by atoms with Gasteiger partial charge in [-0.05, 0) is 76.8 Å². The molecule has 0 saturated heterocycles. The predicted octanol–water partition coefficient (Wildman–Crippen LogP) is 2.78. The van der Waals surface area contributed by atoms with Crippen LogP contribution in [0.2, 0.25) is 0 Å². The van der Waals surface area contributed by atoms with Crippen molar-refractivity contribution >= 4 is 29.2 Å². The third-order valence-electron chi connectivity index (χ3n) is 4.06. The second kappa shape index (κ2) is 10.2. The van der Waals surface area contributed by atoms with Crippen molar-refractivity contribution in [1.82, 2.24) is 4.90 Å². The maximum Gasteiger partial charge on any atom is 0.338 e. The molecule has 8 nitrogen and oxygen atoms in total. The Balaban J connectivity index is 2.01. The summed E-state index contributed by atoms with van der Waals surface area (Å²) in [5.74, 6) is -1.01. The molecule has 0 heterocycles. The van der Waals surface area contributed by atoms with Gasteiger partial charge in [0.15, 0.2) is 0 Å². The number of likely N-dealkylation sites (N-methyl/N-ethyl adjacent to an activating group) is 1. The predicted molar refractivity (Wildman–Crippen MR) is 121 cm³/mol. The highest BCUT2D eigenvalue weighted by Gasteiger charge is 2.19. The first-order valence-corrected chi connectivity index (χ1v) is 9.89. The zero-order chi connectivity index (χ0) is 23.2. The smallest absolute Gasteiger partial charge is 0.338 e. The van der Waals surface area contributed by atoms with E-state index < -0.39 is 23.5 Å². The highest BCUT2D eigenvalue weighted by Crippen LogP contribution is 2.19. The monoisotopic (exact) mass is 426 g/mol. The van der Waals surface area contributed by atoms with Crippen LogP contribution in [-0.2, 0) is 14.3 Å². The van der Waals surface area contributed by atoms with Gasteiger partial charge in [0.05, 0.1) is 12.1 Å². The lowest BCUT2D eigenvalue weighted by atomic mass is 10.1. The number of hydrogen-bond acceptors (Lipinski definition) is 6. The molecule has 2 rings (SSSR count). The van der Waals surface area contributed by atoms with Gasteiger partial charge in [-0.15, -0.1) is 0 Å². The lowest BCUT2D eigenvalue weighted by Crippen LogP contribution is -2.28. The Morgan fingerprint density at radius 1 is 1.00 bits per heavy atom. The lowest BCUT2D eigenvalue weighted by Gasteiger charge is -2.19. The maximum atomic E-state index is 12.6. The van der Waals surface area contributed by atoms with Gasteiger partial charge in [-0.25, -0.2) is 4.79 Å². The minimum absolute atomic E-state index is 0.162. The fourth-order valence-electron chi connectivity index (χ4n) is 2.70. The highest BCUT2D eigenvalue weighted by atomic mass is 16.6. The summed E-state index contributed by atoms with van der Waals surface area (Å²) in [6, 6.07) is 12.3. The zero-order valence-electron chi connectivity index (χ0n) is 18.6. The molecule has 0 aliphatic carbocycles. The van der Waals surface area contributed by atoms with Crippen LogP contribution in [0.25, 0.3) is 0 Å². The average molecular weight is 427 g/mol.